The lowest BCUT2D eigenvalue weighted by Gasteiger charge is -2.15. The molecule has 0 bridgehead atoms. The summed E-state index contributed by atoms with van der Waals surface area (Å²) >= 11 is 0. The molecule has 0 spiro atoms. The number of nitrogens with zero attached hydrogens (tertiary/aromatic N) is 4. The minimum absolute atomic E-state index is 0.247. The molecule has 116 valence electrons. The van der Waals surface area contributed by atoms with Crippen molar-refractivity contribution in [1.29, 1.82) is 0 Å². The first-order chi connectivity index (χ1) is 10.7. The van der Waals surface area contributed by atoms with Crippen LogP contribution in [0.5, 0.6) is 0 Å². The Morgan fingerprint density at radius 1 is 1.41 bits per heavy atom. The van der Waals surface area contributed by atoms with E-state index in [2.05, 4.69) is 19.9 Å². The number of imidazole rings is 1. The van der Waals surface area contributed by atoms with E-state index in [1.54, 1.807) is 12.5 Å². The summed E-state index contributed by atoms with van der Waals surface area (Å²) in [6, 6.07) is 1.99. The normalized spacial score (nSPS) is 17.9. The first kappa shape index (κ1) is 14.7. The number of hydrogen-bond acceptors (Lipinski definition) is 4. The van der Waals surface area contributed by atoms with Crippen LogP contribution < -0.4 is 0 Å². The van der Waals surface area contributed by atoms with Crippen molar-refractivity contribution in [2.24, 2.45) is 5.92 Å². The van der Waals surface area contributed by atoms with Gasteiger partial charge in [-0.2, -0.15) is 0 Å². The SMILES string of the molecule is CCC(=O)N1CC[C@H](Cc2cc(-c3ncc(C)[nH]3)ncn2)C1. The predicted molar refractivity (Wildman–Crippen MR) is 83.0 cm³/mol. The first-order valence-electron chi connectivity index (χ1n) is 7.76. The Morgan fingerprint density at radius 3 is 3.00 bits per heavy atom. The van der Waals surface area contributed by atoms with E-state index in [0.717, 1.165) is 48.8 Å². The highest BCUT2D eigenvalue weighted by Gasteiger charge is 2.25. The Bertz CT molecular complexity index is 666. The second-order valence-electron chi connectivity index (χ2n) is 5.86. The fourth-order valence-corrected chi connectivity index (χ4v) is 2.93. The summed E-state index contributed by atoms with van der Waals surface area (Å²) in [5.41, 5.74) is 2.84. The lowest BCUT2D eigenvalue weighted by atomic mass is 10.0. The van der Waals surface area contributed by atoms with Gasteiger partial charge in [0.25, 0.3) is 0 Å². The number of carbonyl (C=O) groups is 1. The summed E-state index contributed by atoms with van der Waals surface area (Å²) < 4.78 is 0. The van der Waals surface area contributed by atoms with Crippen LogP contribution in [0.2, 0.25) is 0 Å². The Kier molecular flexibility index (Phi) is 4.18. The van der Waals surface area contributed by atoms with Gasteiger partial charge < -0.3 is 9.88 Å². The lowest BCUT2D eigenvalue weighted by Crippen LogP contribution is -2.28. The molecule has 6 heteroatoms. The molecule has 1 atom stereocenters. The van der Waals surface area contributed by atoms with E-state index in [0.29, 0.717) is 12.3 Å². The number of likely N-dealkylation sites (tertiary alicyclic amines) is 1. The van der Waals surface area contributed by atoms with Crippen molar-refractivity contribution in [2.45, 2.75) is 33.1 Å². The zero-order chi connectivity index (χ0) is 15.5. The zero-order valence-electron chi connectivity index (χ0n) is 13.0. The van der Waals surface area contributed by atoms with Gasteiger partial charge in [-0.05, 0) is 31.7 Å². The number of H-pyrrole nitrogens is 1. The number of aryl methyl sites for hydroxylation is 1. The third-order valence-electron chi connectivity index (χ3n) is 4.11. The van der Waals surface area contributed by atoms with Gasteiger partial charge in [-0.25, -0.2) is 15.0 Å². The molecule has 6 nitrogen and oxygen atoms in total. The van der Waals surface area contributed by atoms with Gasteiger partial charge in [0.1, 0.15) is 12.0 Å². The molecule has 22 heavy (non-hydrogen) atoms. The molecule has 0 aliphatic carbocycles. The molecule has 0 radical (unpaired) electrons. The number of hydrogen-bond donors (Lipinski definition) is 1. The van der Waals surface area contributed by atoms with Crippen molar-refractivity contribution in [1.82, 2.24) is 24.8 Å². The molecule has 1 aliphatic heterocycles. The molecule has 1 saturated heterocycles. The second kappa shape index (κ2) is 6.25. The smallest absolute Gasteiger partial charge is 0.222 e. The summed E-state index contributed by atoms with van der Waals surface area (Å²) in [6.45, 7) is 5.59. The highest BCUT2D eigenvalue weighted by molar-refractivity contribution is 5.76. The molecule has 1 N–H and O–H groups in total. The Morgan fingerprint density at radius 2 is 2.27 bits per heavy atom. The Hall–Kier alpha value is -2.24. The van der Waals surface area contributed by atoms with Crippen molar-refractivity contribution in [3.8, 4) is 11.5 Å². The summed E-state index contributed by atoms with van der Waals surface area (Å²) in [5.74, 6) is 1.50. The fraction of sp³-hybridized carbons (Fsp3) is 0.500. The Labute approximate surface area is 130 Å². The number of amides is 1. The van der Waals surface area contributed by atoms with Crippen LogP contribution >= 0.6 is 0 Å². The molecular weight excluding hydrogens is 278 g/mol. The monoisotopic (exact) mass is 299 g/mol. The minimum Gasteiger partial charge on any atom is -0.342 e. The van der Waals surface area contributed by atoms with Crippen molar-refractivity contribution >= 4 is 5.91 Å². The average Bonchev–Trinajstić information content (AvgIpc) is 3.16. The van der Waals surface area contributed by atoms with E-state index < -0.39 is 0 Å². The molecule has 0 saturated carbocycles. The number of rotatable bonds is 4. The topological polar surface area (TPSA) is 74.8 Å². The maximum atomic E-state index is 11.7. The maximum absolute atomic E-state index is 11.7. The van der Waals surface area contributed by atoms with Gasteiger partial charge in [-0.3, -0.25) is 4.79 Å². The predicted octanol–water partition coefficient (Wildman–Crippen LogP) is 1.98. The van der Waals surface area contributed by atoms with Crippen LogP contribution in [-0.2, 0) is 11.2 Å². The molecule has 1 amide bonds. The largest absolute Gasteiger partial charge is 0.342 e. The van der Waals surface area contributed by atoms with Crippen LogP contribution in [0.25, 0.3) is 11.5 Å². The van der Waals surface area contributed by atoms with Gasteiger partial charge in [0.2, 0.25) is 5.91 Å². The van der Waals surface area contributed by atoms with Crippen LogP contribution in [0.1, 0.15) is 31.2 Å². The van der Waals surface area contributed by atoms with Crippen LogP contribution in [-0.4, -0.2) is 43.8 Å². The van der Waals surface area contributed by atoms with Gasteiger partial charge in [0, 0.05) is 37.1 Å². The molecule has 2 aromatic rings. The number of carbonyl (C=O) groups excluding carboxylic acids is 1. The summed E-state index contributed by atoms with van der Waals surface area (Å²) in [6.07, 6.45) is 5.89. The fourth-order valence-electron chi connectivity index (χ4n) is 2.93. The van der Waals surface area contributed by atoms with E-state index in [1.807, 2.05) is 24.8 Å². The average molecular weight is 299 g/mol. The third kappa shape index (κ3) is 3.16. The van der Waals surface area contributed by atoms with Gasteiger partial charge in [-0.15, -0.1) is 0 Å². The van der Waals surface area contributed by atoms with Crippen LogP contribution in [0.15, 0.2) is 18.6 Å². The lowest BCUT2D eigenvalue weighted by molar-refractivity contribution is -0.129. The number of nitrogens with one attached hydrogen (secondary N) is 1. The van der Waals surface area contributed by atoms with E-state index in [4.69, 9.17) is 0 Å². The van der Waals surface area contributed by atoms with Crippen molar-refractivity contribution in [3.63, 3.8) is 0 Å². The summed E-state index contributed by atoms with van der Waals surface area (Å²) in [5, 5.41) is 0. The molecule has 0 unspecified atom stereocenters. The molecular formula is C16H21N5O. The maximum Gasteiger partial charge on any atom is 0.222 e. The van der Waals surface area contributed by atoms with Crippen LogP contribution in [0.4, 0.5) is 0 Å². The first-order valence-corrected chi connectivity index (χ1v) is 7.76. The van der Waals surface area contributed by atoms with Crippen molar-refractivity contribution in [3.05, 3.63) is 30.0 Å². The van der Waals surface area contributed by atoms with Gasteiger partial charge in [0.05, 0.1) is 0 Å². The van der Waals surface area contributed by atoms with Crippen molar-refractivity contribution < 1.29 is 4.79 Å². The summed E-state index contributed by atoms with van der Waals surface area (Å²) in [4.78, 5) is 29.9. The number of aromatic amines is 1. The van der Waals surface area contributed by atoms with Gasteiger partial charge >= 0.3 is 0 Å². The minimum atomic E-state index is 0.247. The van der Waals surface area contributed by atoms with Gasteiger partial charge in [-0.1, -0.05) is 6.92 Å². The third-order valence-corrected chi connectivity index (χ3v) is 4.11. The molecule has 3 heterocycles. The molecule has 2 aromatic heterocycles. The summed E-state index contributed by atoms with van der Waals surface area (Å²) in [7, 11) is 0. The second-order valence-corrected chi connectivity index (χ2v) is 5.86. The standard InChI is InChI=1S/C16H21N5O/c1-3-15(22)21-5-4-12(9-21)6-13-7-14(19-10-18-13)16-17-8-11(2)20-16/h7-8,10,12H,3-6,9H2,1-2H3,(H,17,20)/t12-/m1/s1. The highest BCUT2D eigenvalue weighted by Crippen LogP contribution is 2.22. The van der Waals surface area contributed by atoms with E-state index in [1.165, 1.54) is 0 Å². The Balaban J connectivity index is 1.68. The molecule has 1 fully saturated rings. The van der Waals surface area contributed by atoms with Crippen LogP contribution in [0, 0.1) is 12.8 Å². The van der Waals surface area contributed by atoms with Crippen LogP contribution in [0.3, 0.4) is 0 Å². The van der Waals surface area contributed by atoms with E-state index in [9.17, 15) is 4.79 Å². The zero-order valence-corrected chi connectivity index (χ0v) is 13.0. The number of aromatic nitrogens is 4. The molecule has 0 aromatic carbocycles. The van der Waals surface area contributed by atoms with E-state index >= 15 is 0 Å². The molecule has 3 rings (SSSR count). The van der Waals surface area contributed by atoms with Crippen molar-refractivity contribution in [2.75, 3.05) is 13.1 Å². The van der Waals surface area contributed by atoms with Gasteiger partial charge in [0.15, 0.2) is 5.82 Å². The highest BCUT2D eigenvalue weighted by atomic mass is 16.2. The quantitative estimate of drug-likeness (QED) is 0.936. The van der Waals surface area contributed by atoms with E-state index in [-0.39, 0.29) is 5.91 Å². The molecule has 1 aliphatic rings.